The van der Waals surface area contributed by atoms with E-state index in [2.05, 4.69) is 5.32 Å². The smallest absolute Gasteiger partial charge is 0.240 e. The number of rotatable bonds is 3. The molecule has 5 nitrogen and oxygen atoms in total. The Morgan fingerprint density at radius 2 is 1.62 bits per heavy atom. The van der Waals surface area contributed by atoms with E-state index in [-0.39, 0.29) is 42.1 Å². The number of fused-ring (bicyclic) bond motifs is 1. The second kappa shape index (κ2) is 6.00. The summed E-state index contributed by atoms with van der Waals surface area (Å²) in [6.45, 7) is -0.110. The standard InChI is InChI=1S/C16H22N2O3/c19-14(17-11-6-2-1-3-7-11)10-18-15(20)12-8-4-5-9-13(12)16(18)21/h4-5,11-13H,1-3,6-10H2,(H,17,19). The van der Waals surface area contributed by atoms with E-state index < -0.39 is 0 Å². The predicted octanol–water partition coefficient (Wildman–Crippen LogP) is 1.39. The number of allylic oxidation sites excluding steroid dienone is 2. The van der Waals surface area contributed by atoms with E-state index in [0.717, 1.165) is 25.7 Å². The zero-order valence-electron chi connectivity index (χ0n) is 12.2. The summed E-state index contributed by atoms with van der Waals surface area (Å²) in [7, 11) is 0. The molecule has 0 aromatic carbocycles. The number of amides is 3. The Kier molecular flexibility index (Phi) is 4.08. The molecule has 3 rings (SSSR count). The first-order valence-electron chi connectivity index (χ1n) is 7.96. The molecule has 21 heavy (non-hydrogen) atoms. The number of nitrogens with zero attached hydrogens (tertiary/aromatic N) is 1. The molecule has 0 spiro atoms. The lowest BCUT2D eigenvalue weighted by Gasteiger charge is -2.24. The van der Waals surface area contributed by atoms with Crippen LogP contribution in [0.2, 0.25) is 0 Å². The van der Waals surface area contributed by atoms with E-state index in [1.54, 1.807) is 0 Å². The highest BCUT2D eigenvalue weighted by Gasteiger charge is 2.47. The second-order valence-corrected chi connectivity index (χ2v) is 6.32. The van der Waals surface area contributed by atoms with Crippen LogP contribution >= 0.6 is 0 Å². The average Bonchev–Trinajstić information content (AvgIpc) is 2.74. The predicted molar refractivity (Wildman–Crippen MR) is 77.1 cm³/mol. The molecule has 1 aliphatic heterocycles. The summed E-state index contributed by atoms with van der Waals surface area (Å²) < 4.78 is 0. The molecule has 2 aliphatic carbocycles. The fraction of sp³-hybridized carbons (Fsp3) is 0.688. The summed E-state index contributed by atoms with van der Waals surface area (Å²) in [6.07, 6.45) is 10.7. The molecule has 0 aromatic rings. The van der Waals surface area contributed by atoms with Gasteiger partial charge in [-0.3, -0.25) is 19.3 Å². The minimum absolute atomic E-state index is 0.110. The number of carbonyl (C=O) groups is 3. The van der Waals surface area contributed by atoms with E-state index in [0.29, 0.717) is 12.8 Å². The van der Waals surface area contributed by atoms with E-state index in [4.69, 9.17) is 0 Å². The molecule has 2 unspecified atom stereocenters. The normalized spacial score (nSPS) is 29.6. The Balaban J connectivity index is 1.58. The van der Waals surface area contributed by atoms with Crippen molar-refractivity contribution in [3.63, 3.8) is 0 Å². The van der Waals surface area contributed by atoms with Gasteiger partial charge in [0.1, 0.15) is 6.54 Å². The minimum atomic E-state index is -0.245. The van der Waals surface area contributed by atoms with Gasteiger partial charge in [0, 0.05) is 6.04 Å². The Morgan fingerprint density at radius 1 is 1.05 bits per heavy atom. The molecule has 3 aliphatic rings. The Bertz CT molecular complexity index is 454. The molecule has 2 atom stereocenters. The zero-order valence-corrected chi connectivity index (χ0v) is 12.2. The number of hydrogen-bond acceptors (Lipinski definition) is 3. The summed E-state index contributed by atoms with van der Waals surface area (Å²) in [5.74, 6) is -1.04. The van der Waals surface area contributed by atoms with Gasteiger partial charge in [0.25, 0.3) is 0 Å². The molecule has 0 aromatic heterocycles. The molecule has 114 valence electrons. The Hall–Kier alpha value is -1.65. The van der Waals surface area contributed by atoms with Crippen LogP contribution in [-0.4, -0.2) is 35.2 Å². The first-order valence-corrected chi connectivity index (χ1v) is 7.96. The molecule has 2 fully saturated rings. The van der Waals surface area contributed by atoms with Gasteiger partial charge in [-0.1, -0.05) is 31.4 Å². The van der Waals surface area contributed by atoms with Crippen LogP contribution in [0.3, 0.4) is 0 Å². The molecule has 1 saturated carbocycles. The van der Waals surface area contributed by atoms with Crippen LogP contribution in [0.5, 0.6) is 0 Å². The summed E-state index contributed by atoms with van der Waals surface area (Å²) in [5, 5.41) is 2.97. The Morgan fingerprint density at radius 3 is 2.19 bits per heavy atom. The summed E-state index contributed by atoms with van der Waals surface area (Å²) in [4.78, 5) is 37.8. The van der Waals surface area contributed by atoms with Crippen LogP contribution in [0.15, 0.2) is 12.2 Å². The number of nitrogens with one attached hydrogen (secondary N) is 1. The SMILES string of the molecule is O=C(CN1C(=O)C2CC=CCC2C1=O)NC1CCCCC1. The minimum Gasteiger partial charge on any atom is -0.352 e. The van der Waals surface area contributed by atoms with Crippen molar-refractivity contribution in [3.8, 4) is 0 Å². The van der Waals surface area contributed by atoms with E-state index in [9.17, 15) is 14.4 Å². The average molecular weight is 290 g/mol. The fourth-order valence-corrected chi connectivity index (χ4v) is 3.69. The third-order valence-corrected chi connectivity index (χ3v) is 4.87. The van der Waals surface area contributed by atoms with Crippen LogP contribution in [0.1, 0.15) is 44.9 Å². The molecular weight excluding hydrogens is 268 g/mol. The summed E-state index contributed by atoms with van der Waals surface area (Å²) >= 11 is 0. The van der Waals surface area contributed by atoms with Crippen molar-refractivity contribution in [1.82, 2.24) is 10.2 Å². The highest BCUT2D eigenvalue weighted by molar-refractivity contribution is 6.07. The molecule has 0 radical (unpaired) electrons. The van der Waals surface area contributed by atoms with Gasteiger partial charge >= 0.3 is 0 Å². The zero-order chi connectivity index (χ0) is 14.8. The summed E-state index contributed by atoms with van der Waals surface area (Å²) in [6, 6.07) is 0.211. The van der Waals surface area contributed by atoms with Gasteiger partial charge in [-0.25, -0.2) is 0 Å². The lowest BCUT2D eigenvalue weighted by atomic mass is 9.85. The highest BCUT2D eigenvalue weighted by atomic mass is 16.2. The van der Waals surface area contributed by atoms with Crippen molar-refractivity contribution < 1.29 is 14.4 Å². The summed E-state index contributed by atoms with van der Waals surface area (Å²) in [5.41, 5.74) is 0. The van der Waals surface area contributed by atoms with Crippen LogP contribution < -0.4 is 5.32 Å². The van der Waals surface area contributed by atoms with Crippen molar-refractivity contribution in [2.45, 2.75) is 51.0 Å². The monoisotopic (exact) mass is 290 g/mol. The number of carbonyl (C=O) groups excluding carboxylic acids is 3. The molecule has 1 N–H and O–H groups in total. The van der Waals surface area contributed by atoms with Crippen LogP contribution in [-0.2, 0) is 14.4 Å². The van der Waals surface area contributed by atoms with Gasteiger partial charge in [-0.15, -0.1) is 0 Å². The molecule has 1 saturated heterocycles. The van der Waals surface area contributed by atoms with Crippen LogP contribution in [0.4, 0.5) is 0 Å². The first kappa shape index (κ1) is 14.3. The van der Waals surface area contributed by atoms with Gasteiger partial charge < -0.3 is 5.32 Å². The number of hydrogen-bond donors (Lipinski definition) is 1. The van der Waals surface area contributed by atoms with Crippen molar-refractivity contribution in [2.24, 2.45) is 11.8 Å². The van der Waals surface area contributed by atoms with Gasteiger partial charge in [-0.05, 0) is 25.7 Å². The van der Waals surface area contributed by atoms with Gasteiger partial charge in [0.15, 0.2) is 0 Å². The second-order valence-electron chi connectivity index (χ2n) is 6.32. The topological polar surface area (TPSA) is 66.5 Å². The van der Waals surface area contributed by atoms with Crippen molar-refractivity contribution in [2.75, 3.05) is 6.54 Å². The number of likely N-dealkylation sites (tertiary alicyclic amines) is 1. The quantitative estimate of drug-likeness (QED) is 0.631. The van der Waals surface area contributed by atoms with Crippen molar-refractivity contribution >= 4 is 17.7 Å². The van der Waals surface area contributed by atoms with Crippen LogP contribution in [0, 0.1) is 11.8 Å². The van der Waals surface area contributed by atoms with Gasteiger partial charge in [0.2, 0.25) is 17.7 Å². The van der Waals surface area contributed by atoms with Crippen molar-refractivity contribution in [3.05, 3.63) is 12.2 Å². The molecule has 1 heterocycles. The first-order chi connectivity index (χ1) is 10.2. The highest BCUT2D eigenvalue weighted by Crippen LogP contribution is 2.34. The molecule has 3 amide bonds. The molecule has 0 bridgehead atoms. The lowest BCUT2D eigenvalue weighted by molar-refractivity contribution is -0.143. The van der Waals surface area contributed by atoms with Crippen molar-refractivity contribution in [1.29, 1.82) is 0 Å². The van der Waals surface area contributed by atoms with E-state index in [1.165, 1.54) is 11.3 Å². The fourth-order valence-electron chi connectivity index (χ4n) is 3.69. The molecular formula is C16H22N2O3. The maximum absolute atomic E-state index is 12.3. The maximum atomic E-state index is 12.3. The maximum Gasteiger partial charge on any atom is 0.240 e. The lowest BCUT2D eigenvalue weighted by Crippen LogP contribution is -2.45. The third-order valence-electron chi connectivity index (χ3n) is 4.87. The Labute approximate surface area is 124 Å². The molecule has 5 heteroatoms. The van der Waals surface area contributed by atoms with E-state index in [1.807, 2.05) is 12.2 Å². The van der Waals surface area contributed by atoms with E-state index >= 15 is 0 Å². The number of imide groups is 1. The van der Waals surface area contributed by atoms with Gasteiger partial charge in [0.05, 0.1) is 11.8 Å². The largest absolute Gasteiger partial charge is 0.352 e. The van der Waals surface area contributed by atoms with Crippen LogP contribution in [0.25, 0.3) is 0 Å². The van der Waals surface area contributed by atoms with Gasteiger partial charge in [-0.2, -0.15) is 0 Å². The third kappa shape index (κ3) is 2.87.